The Kier molecular flexibility index (Phi) is 4.73. The van der Waals surface area contributed by atoms with Crippen molar-refractivity contribution >= 4 is 11.8 Å². The first-order valence-electron chi connectivity index (χ1n) is 8.23. The number of methoxy groups -OCH3 is 1. The summed E-state index contributed by atoms with van der Waals surface area (Å²) in [7, 11) is 1.53. The lowest BCUT2D eigenvalue weighted by molar-refractivity contribution is -0.151. The van der Waals surface area contributed by atoms with Crippen LogP contribution in [0.5, 0.6) is 0 Å². The fraction of sp³-hybridized carbons (Fsp3) is 0.588. The number of piperidine rings is 1. The van der Waals surface area contributed by atoms with Gasteiger partial charge in [0.2, 0.25) is 5.91 Å². The third kappa shape index (κ3) is 3.49. The monoisotopic (exact) mass is 353 g/mol. The Hall–Kier alpha value is -2.09. The Morgan fingerprint density at radius 3 is 2.84 bits per heavy atom. The van der Waals surface area contributed by atoms with Gasteiger partial charge in [-0.3, -0.25) is 14.6 Å². The summed E-state index contributed by atoms with van der Waals surface area (Å²) in [5.74, 6) is -3.99. The number of alkyl halides is 2. The fourth-order valence-electron chi connectivity index (χ4n) is 3.72. The highest BCUT2D eigenvalue weighted by Gasteiger charge is 2.57. The number of hydrogen-bond acceptors (Lipinski definition) is 4. The summed E-state index contributed by atoms with van der Waals surface area (Å²) >= 11 is 0. The van der Waals surface area contributed by atoms with Crippen molar-refractivity contribution in [2.45, 2.75) is 18.8 Å². The van der Waals surface area contributed by atoms with Gasteiger partial charge in [-0.15, -0.1) is 0 Å². The normalized spacial score (nSPS) is 25.6. The van der Waals surface area contributed by atoms with Crippen LogP contribution in [0.1, 0.15) is 23.3 Å². The van der Waals surface area contributed by atoms with Crippen molar-refractivity contribution in [3.63, 3.8) is 0 Å². The topological polar surface area (TPSA) is 62.7 Å². The molecule has 0 aliphatic carbocycles. The maximum absolute atomic E-state index is 14.4. The first-order chi connectivity index (χ1) is 11.9. The van der Waals surface area contributed by atoms with Crippen molar-refractivity contribution in [1.29, 1.82) is 0 Å². The van der Waals surface area contributed by atoms with Gasteiger partial charge in [0.1, 0.15) is 5.69 Å². The van der Waals surface area contributed by atoms with E-state index in [0.717, 1.165) is 4.90 Å². The lowest BCUT2D eigenvalue weighted by atomic mass is 9.77. The fourth-order valence-corrected chi connectivity index (χ4v) is 3.72. The van der Waals surface area contributed by atoms with Crippen LogP contribution in [0.4, 0.5) is 8.78 Å². The SMILES string of the molecule is COCCN1CC[C@@]2(CN(C(=O)c3ccccn3)CC(F)(F)C2)C1=O. The van der Waals surface area contributed by atoms with Gasteiger partial charge < -0.3 is 14.5 Å². The van der Waals surface area contributed by atoms with Crippen molar-refractivity contribution in [3.05, 3.63) is 30.1 Å². The molecule has 0 bridgehead atoms. The zero-order valence-electron chi connectivity index (χ0n) is 14.1. The summed E-state index contributed by atoms with van der Waals surface area (Å²) in [6.07, 6.45) is 1.24. The van der Waals surface area contributed by atoms with Crippen molar-refractivity contribution < 1.29 is 23.1 Å². The van der Waals surface area contributed by atoms with Gasteiger partial charge in [0, 0.05) is 39.4 Å². The zero-order chi connectivity index (χ0) is 18.1. The molecule has 2 fully saturated rings. The first-order valence-corrected chi connectivity index (χ1v) is 8.23. The molecular weight excluding hydrogens is 332 g/mol. The minimum absolute atomic E-state index is 0.000311. The number of carbonyl (C=O) groups is 2. The van der Waals surface area contributed by atoms with Crippen LogP contribution in [0.25, 0.3) is 0 Å². The van der Waals surface area contributed by atoms with Gasteiger partial charge in [-0.2, -0.15) is 0 Å². The number of halogens is 2. The van der Waals surface area contributed by atoms with E-state index < -0.39 is 30.2 Å². The summed E-state index contributed by atoms with van der Waals surface area (Å²) in [6.45, 7) is 0.450. The lowest BCUT2D eigenvalue weighted by Crippen LogP contribution is -2.57. The van der Waals surface area contributed by atoms with Crippen LogP contribution in [-0.2, 0) is 9.53 Å². The summed E-state index contributed by atoms with van der Waals surface area (Å²) < 4.78 is 33.7. The number of carbonyl (C=O) groups excluding carboxylic acids is 2. The quantitative estimate of drug-likeness (QED) is 0.822. The molecule has 0 saturated carbocycles. The van der Waals surface area contributed by atoms with Crippen molar-refractivity contribution in [2.75, 3.05) is 39.9 Å². The van der Waals surface area contributed by atoms with Crippen LogP contribution >= 0.6 is 0 Å². The molecule has 1 atom stereocenters. The summed E-state index contributed by atoms with van der Waals surface area (Å²) in [4.78, 5) is 31.9. The maximum atomic E-state index is 14.4. The molecule has 0 radical (unpaired) electrons. The molecule has 3 heterocycles. The first kappa shape index (κ1) is 17.7. The highest BCUT2D eigenvalue weighted by molar-refractivity contribution is 5.93. The molecule has 6 nitrogen and oxygen atoms in total. The molecule has 2 saturated heterocycles. The second-order valence-electron chi connectivity index (χ2n) is 6.72. The molecule has 1 aromatic rings. The van der Waals surface area contributed by atoms with Crippen molar-refractivity contribution in [1.82, 2.24) is 14.8 Å². The van der Waals surface area contributed by atoms with E-state index in [4.69, 9.17) is 4.74 Å². The summed E-state index contributed by atoms with van der Waals surface area (Å²) in [5.41, 5.74) is -1.11. The predicted octanol–water partition coefficient (Wildman–Crippen LogP) is 1.43. The van der Waals surface area contributed by atoms with E-state index in [2.05, 4.69) is 4.98 Å². The van der Waals surface area contributed by atoms with Crippen molar-refractivity contribution in [3.8, 4) is 0 Å². The van der Waals surface area contributed by atoms with E-state index in [9.17, 15) is 18.4 Å². The number of ether oxygens (including phenoxy) is 1. The zero-order valence-corrected chi connectivity index (χ0v) is 14.1. The number of likely N-dealkylation sites (tertiary alicyclic amines) is 2. The third-order valence-electron chi connectivity index (χ3n) is 4.85. The number of nitrogens with zero attached hydrogens (tertiary/aromatic N) is 3. The molecule has 0 N–H and O–H groups in total. The molecular formula is C17H21F2N3O3. The summed E-state index contributed by atoms with van der Waals surface area (Å²) in [5, 5.41) is 0. The molecule has 25 heavy (non-hydrogen) atoms. The number of aromatic nitrogens is 1. The van der Waals surface area contributed by atoms with E-state index in [-0.39, 0.29) is 18.1 Å². The summed E-state index contributed by atoms with van der Waals surface area (Å²) in [6, 6.07) is 4.77. The maximum Gasteiger partial charge on any atom is 0.272 e. The molecule has 2 amide bonds. The van der Waals surface area contributed by atoms with Crippen LogP contribution in [0.2, 0.25) is 0 Å². The minimum Gasteiger partial charge on any atom is -0.383 e. The molecule has 1 spiro atoms. The third-order valence-corrected chi connectivity index (χ3v) is 4.85. The van der Waals surface area contributed by atoms with E-state index in [1.807, 2.05) is 0 Å². The molecule has 0 unspecified atom stereocenters. The van der Waals surface area contributed by atoms with Gasteiger partial charge in [0.15, 0.2) is 0 Å². The lowest BCUT2D eigenvalue weighted by Gasteiger charge is -2.42. The molecule has 3 rings (SSSR count). The molecule has 2 aliphatic rings. The van der Waals surface area contributed by atoms with Gasteiger partial charge in [-0.25, -0.2) is 8.78 Å². The smallest absolute Gasteiger partial charge is 0.272 e. The van der Waals surface area contributed by atoms with Crippen LogP contribution in [0, 0.1) is 5.41 Å². The molecule has 2 aliphatic heterocycles. The van der Waals surface area contributed by atoms with Gasteiger partial charge in [-0.05, 0) is 18.6 Å². The minimum atomic E-state index is -3.10. The molecule has 136 valence electrons. The number of amides is 2. The van der Waals surface area contributed by atoms with Crippen LogP contribution in [-0.4, -0.2) is 72.4 Å². The highest BCUT2D eigenvalue weighted by atomic mass is 19.3. The Balaban J connectivity index is 1.82. The Morgan fingerprint density at radius 2 is 2.16 bits per heavy atom. The van der Waals surface area contributed by atoms with Crippen LogP contribution in [0.15, 0.2) is 24.4 Å². The molecule has 1 aromatic heterocycles. The van der Waals surface area contributed by atoms with Crippen LogP contribution in [0.3, 0.4) is 0 Å². The van der Waals surface area contributed by atoms with Gasteiger partial charge in [0.25, 0.3) is 11.8 Å². The number of hydrogen-bond donors (Lipinski definition) is 0. The van der Waals surface area contributed by atoms with E-state index in [1.54, 1.807) is 17.0 Å². The van der Waals surface area contributed by atoms with E-state index >= 15 is 0 Å². The van der Waals surface area contributed by atoms with E-state index in [1.165, 1.54) is 19.4 Å². The number of rotatable bonds is 4. The predicted molar refractivity (Wildman–Crippen MR) is 85.2 cm³/mol. The van der Waals surface area contributed by atoms with Crippen LogP contribution < -0.4 is 0 Å². The van der Waals surface area contributed by atoms with Gasteiger partial charge in [-0.1, -0.05) is 6.07 Å². The van der Waals surface area contributed by atoms with E-state index in [0.29, 0.717) is 26.1 Å². The second-order valence-corrected chi connectivity index (χ2v) is 6.72. The van der Waals surface area contributed by atoms with Gasteiger partial charge >= 0.3 is 0 Å². The van der Waals surface area contributed by atoms with Gasteiger partial charge in [0.05, 0.1) is 18.6 Å². The highest BCUT2D eigenvalue weighted by Crippen LogP contribution is 2.45. The van der Waals surface area contributed by atoms with Crippen molar-refractivity contribution in [2.24, 2.45) is 5.41 Å². The second kappa shape index (κ2) is 6.67. The standard InChI is InChI=1S/C17H21F2N3O3/c1-25-9-8-21-7-5-16(15(21)24)10-17(18,19)12-22(11-16)14(23)13-4-2-3-6-20-13/h2-4,6H,5,7-12H2,1H3/t16-/m1/s1. The largest absolute Gasteiger partial charge is 0.383 e. The Morgan fingerprint density at radius 1 is 1.36 bits per heavy atom. The molecule has 8 heteroatoms. The average Bonchev–Trinajstić information content (AvgIpc) is 2.87. The Bertz CT molecular complexity index is 656. The Labute approximate surface area is 144 Å². The average molecular weight is 353 g/mol. The molecule has 0 aromatic carbocycles. The number of pyridine rings is 1.